The van der Waals surface area contributed by atoms with Gasteiger partial charge in [0, 0.05) is 17.9 Å². The Hall–Kier alpha value is -3.29. The van der Waals surface area contributed by atoms with Gasteiger partial charge in [0.05, 0.1) is 35.7 Å². The molecule has 0 saturated carbocycles. The number of halogens is 1. The van der Waals surface area contributed by atoms with Gasteiger partial charge in [0.15, 0.2) is 0 Å². The minimum absolute atomic E-state index is 0.0771. The van der Waals surface area contributed by atoms with Gasteiger partial charge in [-0.15, -0.1) is 0 Å². The molecule has 1 aliphatic carbocycles. The first-order valence-corrected chi connectivity index (χ1v) is 11.6. The predicted molar refractivity (Wildman–Crippen MR) is 127 cm³/mol. The molecule has 3 N–H and O–H groups in total. The normalized spacial score (nSPS) is 17.4. The highest BCUT2D eigenvalue weighted by Crippen LogP contribution is 2.36. The summed E-state index contributed by atoms with van der Waals surface area (Å²) in [6.45, 7) is 0. The molecule has 3 atom stereocenters. The summed E-state index contributed by atoms with van der Waals surface area (Å²) >= 11 is 0. The van der Waals surface area contributed by atoms with Gasteiger partial charge in [0.2, 0.25) is 0 Å². The fraction of sp³-hybridized carbons (Fsp3) is 0.333. The number of aliphatic carboxylic acids is 1. The molecular formula is C27H29FN2O4. The number of aliphatic hydroxyl groups is 2. The van der Waals surface area contributed by atoms with Crippen molar-refractivity contribution in [2.24, 2.45) is 0 Å². The summed E-state index contributed by atoms with van der Waals surface area (Å²) in [6.07, 6.45) is 4.45. The van der Waals surface area contributed by atoms with E-state index in [-0.39, 0.29) is 18.2 Å². The number of aromatic nitrogens is 2. The number of carboxylic acid groups (broad SMARTS) is 1. The Kier molecular flexibility index (Phi) is 7.55. The number of rotatable bonds is 9. The molecule has 0 bridgehead atoms. The van der Waals surface area contributed by atoms with Crippen LogP contribution >= 0.6 is 0 Å². The van der Waals surface area contributed by atoms with E-state index in [9.17, 15) is 19.4 Å². The third kappa shape index (κ3) is 5.79. The van der Waals surface area contributed by atoms with Crippen molar-refractivity contribution in [1.29, 1.82) is 0 Å². The van der Waals surface area contributed by atoms with Crippen molar-refractivity contribution in [2.75, 3.05) is 0 Å². The Morgan fingerprint density at radius 2 is 1.88 bits per heavy atom. The summed E-state index contributed by atoms with van der Waals surface area (Å²) in [5, 5.41) is 34.0. The molecule has 1 aliphatic rings. The minimum atomic E-state index is -1.14. The van der Waals surface area contributed by atoms with Crippen molar-refractivity contribution < 1.29 is 24.5 Å². The second-order valence-electron chi connectivity index (χ2n) is 8.83. The Morgan fingerprint density at radius 3 is 2.59 bits per heavy atom. The van der Waals surface area contributed by atoms with Gasteiger partial charge >= 0.3 is 5.97 Å². The molecule has 178 valence electrons. The van der Waals surface area contributed by atoms with Gasteiger partial charge in [-0.05, 0) is 61.6 Å². The molecule has 0 saturated heterocycles. The van der Waals surface area contributed by atoms with E-state index in [1.807, 2.05) is 18.2 Å². The Labute approximate surface area is 198 Å². The SMILES string of the molecule is O=C(O)C[C@H](O)C[C@H](O)/C=C/c1c2c(nn1-c1ccc(F)cc1)C(Cc1ccccc1)CCC2. The number of benzene rings is 2. The van der Waals surface area contributed by atoms with E-state index in [1.165, 1.54) is 17.7 Å². The predicted octanol–water partition coefficient (Wildman–Crippen LogP) is 4.27. The number of carboxylic acids is 1. The number of hydrogen-bond donors (Lipinski definition) is 3. The molecule has 7 heteroatoms. The Bertz CT molecular complexity index is 1140. The summed E-state index contributed by atoms with van der Waals surface area (Å²) in [6, 6.07) is 16.4. The number of fused-ring (bicyclic) bond motifs is 1. The highest BCUT2D eigenvalue weighted by Gasteiger charge is 2.28. The molecule has 3 aromatic rings. The zero-order valence-corrected chi connectivity index (χ0v) is 18.8. The van der Waals surface area contributed by atoms with E-state index in [1.54, 1.807) is 29.0 Å². The maximum absolute atomic E-state index is 13.6. The van der Waals surface area contributed by atoms with Gasteiger partial charge in [0.25, 0.3) is 0 Å². The molecule has 4 rings (SSSR count). The van der Waals surface area contributed by atoms with Crippen LogP contribution in [0.1, 0.15) is 54.1 Å². The summed E-state index contributed by atoms with van der Waals surface area (Å²) in [5.74, 6) is -1.19. The van der Waals surface area contributed by atoms with Crippen molar-refractivity contribution in [3.63, 3.8) is 0 Å². The van der Waals surface area contributed by atoms with Gasteiger partial charge in [-0.2, -0.15) is 5.10 Å². The van der Waals surface area contributed by atoms with Crippen molar-refractivity contribution >= 4 is 12.0 Å². The first-order chi connectivity index (χ1) is 16.4. The van der Waals surface area contributed by atoms with Gasteiger partial charge in [0.1, 0.15) is 5.82 Å². The van der Waals surface area contributed by atoms with Crippen LogP contribution in [0.4, 0.5) is 4.39 Å². The molecule has 34 heavy (non-hydrogen) atoms. The van der Waals surface area contributed by atoms with Gasteiger partial charge in [-0.1, -0.05) is 36.4 Å². The average Bonchev–Trinajstić information content (AvgIpc) is 3.18. The van der Waals surface area contributed by atoms with E-state index < -0.39 is 24.6 Å². The zero-order chi connectivity index (χ0) is 24.1. The minimum Gasteiger partial charge on any atom is -0.481 e. The molecule has 1 unspecified atom stereocenters. The third-order valence-corrected chi connectivity index (χ3v) is 6.22. The number of hydrogen-bond acceptors (Lipinski definition) is 4. The van der Waals surface area contributed by atoms with Crippen LogP contribution < -0.4 is 0 Å². The molecule has 0 radical (unpaired) electrons. The van der Waals surface area contributed by atoms with Gasteiger partial charge in [-0.3, -0.25) is 4.79 Å². The lowest BCUT2D eigenvalue weighted by atomic mass is 9.83. The molecular weight excluding hydrogens is 435 g/mol. The first kappa shape index (κ1) is 23.9. The van der Waals surface area contributed by atoms with E-state index in [0.717, 1.165) is 42.6 Å². The van der Waals surface area contributed by atoms with E-state index in [4.69, 9.17) is 10.2 Å². The maximum Gasteiger partial charge on any atom is 0.305 e. The molecule has 0 fully saturated rings. The number of aliphatic hydroxyl groups excluding tert-OH is 2. The average molecular weight is 465 g/mol. The fourth-order valence-corrected chi connectivity index (χ4v) is 4.62. The lowest BCUT2D eigenvalue weighted by Gasteiger charge is -2.21. The van der Waals surface area contributed by atoms with Crippen LogP contribution in [0.15, 0.2) is 60.7 Å². The first-order valence-electron chi connectivity index (χ1n) is 11.6. The zero-order valence-electron chi connectivity index (χ0n) is 18.8. The largest absolute Gasteiger partial charge is 0.481 e. The molecule has 6 nitrogen and oxygen atoms in total. The van der Waals surface area contributed by atoms with Crippen LogP contribution in [-0.2, 0) is 17.6 Å². The molecule has 1 aromatic heterocycles. The van der Waals surface area contributed by atoms with Crippen LogP contribution in [0.25, 0.3) is 11.8 Å². The van der Waals surface area contributed by atoms with E-state index in [2.05, 4.69) is 12.1 Å². The second-order valence-corrected chi connectivity index (χ2v) is 8.83. The van der Waals surface area contributed by atoms with Crippen LogP contribution in [-0.4, -0.2) is 43.3 Å². The monoisotopic (exact) mass is 464 g/mol. The maximum atomic E-state index is 13.6. The summed E-state index contributed by atoms with van der Waals surface area (Å²) in [5.41, 5.74) is 4.89. The Balaban J connectivity index is 1.66. The van der Waals surface area contributed by atoms with Crippen LogP contribution in [0.5, 0.6) is 0 Å². The van der Waals surface area contributed by atoms with Crippen molar-refractivity contribution in [3.05, 3.63) is 89.0 Å². The molecule has 2 aromatic carbocycles. The van der Waals surface area contributed by atoms with Crippen LogP contribution in [0.2, 0.25) is 0 Å². The molecule has 0 amide bonds. The molecule has 0 spiro atoms. The Morgan fingerprint density at radius 1 is 1.15 bits per heavy atom. The number of nitrogens with zero attached hydrogens (tertiary/aromatic N) is 2. The van der Waals surface area contributed by atoms with Crippen molar-refractivity contribution in [3.8, 4) is 5.69 Å². The van der Waals surface area contributed by atoms with Crippen LogP contribution in [0, 0.1) is 5.82 Å². The molecule has 1 heterocycles. The summed E-state index contributed by atoms with van der Waals surface area (Å²) in [4.78, 5) is 10.8. The van der Waals surface area contributed by atoms with Crippen molar-refractivity contribution in [2.45, 2.75) is 56.7 Å². The van der Waals surface area contributed by atoms with Gasteiger partial charge < -0.3 is 15.3 Å². The third-order valence-electron chi connectivity index (χ3n) is 6.22. The molecule has 0 aliphatic heterocycles. The van der Waals surface area contributed by atoms with Gasteiger partial charge in [-0.25, -0.2) is 9.07 Å². The van der Waals surface area contributed by atoms with E-state index in [0.29, 0.717) is 5.69 Å². The lowest BCUT2D eigenvalue weighted by Crippen LogP contribution is -2.19. The quantitative estimate of drug-likeness (QED) is 0.440. The van der Waals surface area contributed by atoms with E-state index >= 15 is 0 Å². The topological polar surface area (TPSA) is 95.6 Å². The fourth-order valence-electron chi connectivity index (χ4n) is 4.62. The highest BCUT2D eigenvalue weighted by molar-refractivity contribution is 5.67. The standard InChI is InChI=1S/C27H29FN2O4/c28-20-9-11-21(12-10-20)30-25(14-13-22(31)16-23(32)17-26(33)34)24-8-4-7-19(27(24)29-30)15-18-5-2-1-3-6-18/h1-3,5-6,9-14,19,22-23,31-32H,4,7-8,15-17H2,(H,33,34)/b14-13+/t19?,22-,23-/m1/s1. The lowest BCUT2D eigenvalue weighted by molar-refractivity contribution is -0.139. The smallest absolute Gasteiger partial charge is 0.305 e. The second kappa shape index (κ2) is 10.8. The summed E-state index contributed by atoms with van der Waals surface area (Å²) < 4.78 is 15.3. The van der Waals surface area contributed by atoms with Crippen molar-refractivity contribution in [1.82, 2.24) is 9.78 Å². The summed E-state index contributed by atoms with van der Waals surface area (Å²) in [7, 11) is 0. The van der Waals surface area contributed by atoms with Crippen LogP contribution in [0.3, 0.4) is 0 Å². The highest BCUT2D eigenvalue weighted by atomic mass is 19.1. The number of carbonyl (C=O) groups is 1.